The number of nitrogens with one attached hydrogen (secondary N) is 4. The first-order valence-corrected chi connectivity index (χ1v) is 13.7. The third-order valence-electron chi connectivity index (χ3n) is 7.65. The molecule has 204 valence electrons. The van der Waals surface area contributed by atoms with Crippen LogP contribution >= 0.6 is 0 Å². The summed E-state index contributed by atoms with van der Waals surface area (Å²) < 4.78 is 14.6. The Labute approximate surface area is 234 Å². The molecule has 1 amide bonds. The van der Waals surface area contributed by atoms with E-state index in [9.17, 15) is 9.18 Å². The molecule has 0 saturated carbocycles. The van der Waals surface area contributed by atoms with Crippen LogP contribution in [-0.4, -0.2) is 49.1 Å². The van der Waals surface area contributed by atoms with E-state index >= 15 is 0 Å². The molecule has 1 saturated heterocycles. The van der Waals surface area contributed by atoms with Gasteiger partial charge in [-0.2, -0.15) is 5.10 Å². The monoisotopic (exact) mass is 546 g/mol. The van der Waals surface area contributed by atoms with Gasteiger partial charge in [0.15, 0.2) is 0 Å². The van der Waals surface area contributed by atoms with Crippen LogP contribution in [0.15, 0.2) is 73.3 Å². The second kappa shape index (κ2) is 10.5. The molecule has 0 bridgehead atoms. The Bertz CT molecular complexity index is 1890. The molecule has 5 aromatic heterocycles. The highest BCUT2D eigenvalue weighted by atomic mass is 19.1. The van der Waals surface area contributed by atoms with Gasteiger partial charge < -0.3 is 15.6 Å². The number of fused-ring (bicyclic) bond motifs is 2. The second-order valence-corrected chi connectivity index (χ2v) is 10.4. The van der Waals surface area contributed by atoms with Gasteiger partial charge >= 0.3 is 0 Å². The van der Waals surface area contributed by atoms with Crippen LogP contribution in [0.3, 0.4) is 0 Å². The van der Waals surface area contributed by atoms with Crippen LogP contribution in [0.4, 0.5) is 10.1 Å². The lowest BCUT2D eigenvalue weighted by Crippen LogP contribution is -2.30. The Morgan fingerprint density at radius 2 is 1.85 bits per heavy atom. The quantitative estimate of drug-likeness (QED) is 0.213. The first-order valence-electron chi connectivity index (χ1n) is 13.7. The number of hydrogen-bond donors (Lipinski definition) is 4. The third-order valence-corrected chi connectivity index (χ3v) is 7.65. The number of aromatic amines is 2. The van der Waals surface area contributed by atoms with Crippen molar-refractivity contribution in [3.05, 3.63) is 79.1 Å². The van der Waals surface area contributed by atoms with Crippen LogP contribution in [0.1, 0.15) is 19.3 Å². The number of nitrogens with zero attached hydrogens (tertiary/aromatic N) is 4. The summed E-state index contributed by atoms with van der Waals surface area (Å²) in [7, 11) is 0. The van der Waals surface area contributed by atoms with Gasteiger partial charge in [0.25, 0.3) is 0 Å². The standard InChI is InChI=1S/C31H27FN8O/c32-25-4-2-1-3-22(25)21-7-10-35-31-23(21)13-27(38-31)30-24-14-26(36-17-28(24)39-40-30)19-12-20(16-34-15-19)37-29(41)11-18-5-8-33-9-6-18/h1-4,7,10,12-18,33H,5-6,8-9,11H2,(H,35,38)(H,37,41)(H,39,40). The van der Waals surface area contributed by atoms with E-state index in [0.717, 1.165) is 59.0 Å². The number of pyridine rings is 3. The number of amides is 1. The molecular weight excluding hydrogens is 519 g/mol. The zero-order valence-corrected chi connectivity index (χ0v) is 22.1. The molecule has 0 spiro atoms. The van der Waals surface area contributed by atoms with Crippen molar-refractivity contribution < 1.29 is 9.18 Å². The average Bonchev–Trinajstić information content (AvgIpc) is 3.62. The lowest BCUT2D eigenvalue weighted by molar-refractivity contribution is -0.117. The molecule has 0 unspecified atom stereocenters. The number of carbonyl (C=O) groups excluding carboxylic acids is 1. The minimum absolute atomic E-state index is 0.00134. The van der Waals surface area contributed by atoms with Crippen molar-refractivity contribution in [1.82, 2.24) is 35.5 Å². The number of aromatic nitrogens is 6. The lowest BCUT2D eigenvalue weighted by atomic mass is 9.94. The van der Waals surface area contributed by atoms with Gasteiger partial charge in [-0.05, 0) is 67.7 Å². The largest absolute Gasteiger partial charge is 0.338 e. The van der Waals surface area contributed by atoms with E-state index in [-0.39, 0.29) is 11.7 Å². The Balaban J connectivity index is 1.20. The SMILES string of the molecule is O=C(CC1CCNCC1)Nc1cncc(-c2cc3c(-c4cc5c(-c6ccccc6F)ccnc5[nH]4)n[nH]c3cn2)c1. The number of carbonyl (C=O) groups is 1. The average molecular weight is 547 g/mol. The van der Waals surface area contributed by atoms with Crippen molar-refractivity contribution in [2.45, 2.75) is 19.3 Å². The van der Waals surface area contributed by atoms with Gasteiger partial charge in [-0.3, -0.25) is 19.9 Å². The minimum atomic E-state index is -0.290. The van der Waals surface area contributed by atoms with Crippen molar-refractivity contribution in [1.29, 1.82) is 0 Å². The zero-order valence-electron chi connectivity index (χ0n) is 22.1. The van der Waals surface area contributed by atoms with Crippen LogP contribution in [0.5, 0.6) is 0 Å². The fourth-order valence-electron chi connectivity index (χ4n) is 5.56. The summed E-state index contributed by atoms with van der Waals surface area (Å²) in [5, 5.41) is 15.6. The molecule has 6 heterocycles. The molecule has 7 rings (SSSR count). The molecule has 0 aliphatic carbocycles. The molecule has 1 aromatic carbocycles. The predicted octanol–water partition coefficient (Wildman–Crippen LogP) is 5.70. The number of rotatable bonds is 6. The summed E-state index contributed by atoms with van der Waals surface area (Å²) in [6, 6.07) is 14.3. The summed E-state index contributed by atoms with van der Waals surface area (Å²) in [4.78, 5) is 29.4. The Morgan fingerprint density at radius 1 is 0.976 bits per heavy atom. The summed E-state index contributed by atoms with van der Waals surface area (Å²) in [6.07, 6.45) is 9.31. The van der Waals surface area contributed by atoms with Crippen molar-refractivity contribution in [3.8, 4) is 33.8 Å². The summed E-state index contributed by atoms with van der Waals surface area (Å²) in [5.41, 5.74) is 6.23. The molecular formula is C31H27FN8O. The lowest BCUT2D eigenvalue weighted by Gasteiger charge is -2.21. The molecule has 9 nitrogen and oxygen atoms in total. The normalized spacial score (nSPS) is 14.1. The topological polar surface area (TPSA) is 124 Å². The van der Waals surface area contributed by atoms with Gasteiger partial charge in [-0.1, -0.05) is 18.2 Å². The third kappa shape index (κ3) is 4.93. The van der Waals surface area contributed by atoms with E-state index in [0.29, 0.717) is 40.6 Å². The smallest absolute Gasteiger partial charge is 0.224 e. The number of anilines is 1. The van der Waals surface area contributed by atoms with E-state index in [2.05, 4.69) is 40.8 Å². The van der Waals surface area contributed by atoms with Crippen molar-refractivity contribution in [2.75, 3.05) is 18.4 Å². The van der Waals surface area contributed by atoms with Gasteiger partial charge in [0, 0.05) is 40.7 Å². The molecule has 1 fully saturated rings. The number of benzene rings is 1. The Morgan fingerprint density at radius 3 is 2.73 bits per heavy atom. The summed E-state index contributed by atoms with van der Waals surface area (Å²) >= 11 is 0. The minimum Gasteiger partial charge on any atom is -0.338 e. The highest BCUT2D eigenvalue weighted by Gasteiger charge is 2.18. The number of H-pyrrole nitrogens is 2. The maximum Gasteiger partial charge on any atom is 0.224 e. The van der Waals surface area contributed by atoms with Crippen molar-refractivity contribution >= 4 is 33.5 Å². The van der Waals surface area contributed by atoms with Gasteiger partial charge in [0.05, 0.1) is 35.0 Å². The van der Waals surface area contributed by atoms with E-state index < -0.39 is 0 Å². The summed E-state index contributed by atoms with van der Waals surface area (Å²) in [5.74, 6) is 0.110. The molecule has 1 aliphatic rings. The van der Waals surface area contributed by atoms with E-state index in [4.69, 9.17) is 0 Å². The van der Waals surface area contributed by atoms with Gasteiger partial charge in [-0.25, -0.2) is 9.37 Å². The van der Waals surface area contributed by atoms with E-state index in [1.54, 1.807) is 36.9 Å². The maximum atomic E-state index is 14.6. The highest BCUT2D eigenvalue weighted by Crippen LogP contribution is 2.35. The number of piperidine rings is 1. The van der Waals surface area contributed by atoms with Crippen LogP contribution < -0.4 is 10.6 Å². The number of halogens is 1. The van der Waals surface area contributed by atoms with Crippen LogP contribution in [0.25, 0.3) is 55.7 Å². The molecule has 0 atom stereocenters. The molecule has 41 heavy (non-hydrogen) atoms. The molecule has 6 aromatic rings. The van der Waals surface area contributed by atoms with Crippen molar-refractivity contribution in [3.63, 3.8) is 0 Å². The second-order valence-electron chi connectivity index (χ2n) is 10.4. The van der Waals surface area contributed by atoms with Gasteiger partial charge in [0.2, 0.25) is 5.91 Å². The Kier molecular flexibility index (Phi) is 6.44. The van der Waals surface area contributed by atoms with E-state index in [1.165, 1.54) is 6.07 Å². The molecule has 1 aliphatic heterocycles. The maximum absolute atomic E-state index is 14.6. The predicted molar refractivity (Wildman–Crippen MR) is 156 cm³/mol. The van der Waals surface area contributed by atoms with Gasteiger partial charge in [-0.15, -0.1) is 0 Å². The van der Waals surface area contributed by atoms with Crippen LogP contribution in [-0.2, 0) is 4.79 Å². The highest BCUT2D eigenvalue weighted by molar-refractivity contribution is 6.00. The van der Waals surface area contributed by atoms with E-state index in [1.807, 2.05) is 30.3 Å². The Hall–Kier alpha value is -4.96. The van der Waals surface area contributed by atoms with Crippen LogP contribution in [0, 0.1) is 11.7 Å². The number of hydrogen-bond acceptors (Lipinski definition) is 6. The molecule has 10 heteroatoms. The first kappa shape index (κ1) is 25.0. The van der Waals surface area contributed by atoms with Gasteiger partial charge in [0.1, 0.15) is 17.2 Å². The van der Waals surface area contributed by atoms with Crippen LogP contribution in [0.2, 0.25) is 0 Å². The molecule has 0 radical (unpaired) electrons. The fraction of sp³-hybridized carbons (Fsp3) is 0.194. The first-order chi connectivity index (χ1) is 20.1. The fourth-order valence-corrected chi connectivity index (χ4v) is 5.56. The summed E-state index contributed by atoms with van der Waals surface area (Å²) in [6.45, 7) is 1.92. The molecule has 4 N–H and O–H groups in total. The van der Waals surface area contributed by atoms with Crippen molar-refractivity contribution in [2.24, 2.45) is 5.92 Å². The zero-order chi connectivity index (χ0) is 27.8.